The molecule has 0 spiro atoms. The van der Waals surface area contributed by atoms with E-state index in [2.05, 4.69) is 10.3 Å². The number of H-pyrrole nitrogens is 1. The third kappa shape index (κ3) is 3.21. The summed E-state index contributed by atoms with van der Waals surface area (Å²) in [5.41, 5.74) is 1.52. The molecule has 1 unspecified atom stereocenters. The molecular weight excluding hydrogens is 343 g/mol. The molecule has 0 radical (unpaired) electrons. The fourth-order valence-corrected chi connectivity index (χ4v) is 4.85. The quantitative estimate of drug-likeness (QED) is 0.879. The van der Waals surface area contributed by atoms with Gasteiger partial charge < -0.3 is 10.3 Å². The van der Waals surface area contributed by atoms with Crippen molar-refractivity contribution in [1.82, 2.24) is 10.3 Å². The second kappa shape index (κ2) is 6.13. The number of nitrogens with one attached hydrogen (secondary N) is 2. The van der Waals surface area contributed by atoms with Gasteiger partial charge in [0.15, 0.2) is 9.84 Å². The van der Waals surface area contributed by atoms with Crippen molar-refractivity contribution in [3.05, 3.63) is 34.7 Å². The van der Waals surface area contributed by atoms with E-state index in [0.717, 1.165) is 10.9 Å². The zero-order valence-corrected chi connectivity index (χ0v) is 13.8. The highest BCUT2D eigenvalue weighted by Crippen LogP contribution is 2.25. The normalized spacial score (nSPS) is 20.0. The van der Waals surface area contributed by atoms with Crippen LogP contribution in [0.2, 0.25) is 5.02 Å². The highest BCUT2D eigenvalue weighted by atomic mass is 35.5. The average molecular weight is 359 g/mol. The van der Waals surface area contributed by atoms with E-state index in [-0.39, 0.29) is 10.8 Å². The van der Waals surface area contributed by atoms with E-state index in [4.69, 9.17) is 11.6 Å². The van der Waals surface area contributed by atoms with Crippen LogP contribution in [0.1, 0.15) is 18.4 Å². The molecule has 23 heavy (non-hydrogen) atoms. The Labute approximate surface area is 138 Å². The first-order chi connectivity index (χ1) is 10.9. The minimum Gasteiger partial charge on any atom is -0.361 e. The molecule has 1 atom stereocenters. The molecule has 124 valence electrons. The largest absolute Gasteiger partial charge is 0.361 e. The Hall–Kier alpha value is -1.60. The van der Waals surface area contributed by atoms with E-state index in [0.29, 0.717) is 31.3 Å². The number of aromatic nitrogens is 1. The minimum atomic E-state index is -3.29. The van der Waals surface area contributed by atoms with Gasteiger partial charge in [0.1, 0.15) is 11.1 Å². The van der Waals surface area contributed by atoms with Gasteiger partial charge >= 0.3 is 0 Å². The fourth-order valence-electron chi connectivity index (χ4n) is 2.90. The molecule has 1 aromatic carbocycles. The Morgan fingerprint density at radius 1 is 1.43 bits per heavy atom. The summed E-state index contributed by atoms with van der Waals surface area (Å²) in [5, 5.41) is 2.58. The Bertz CT molecular complexity index is 863. The van der Waals surface area contributed by atoms with Crippen molar-refractivity contribution in [3.8, 4) is 0 Å². The number of carbonyl (C=O) groups is 1. The molecule has 1 aliphatic rings. The second-order valence-corrected chi connectivity index (χ2v) is 8.37. The topological polar surface area (TPSA) is 79.0 Å². The maximum atomic E-state index is 13.4. The van der Waals surface area contributed by atoms with E-state index in [9.17, 15) is 17.6 Å². The summed E-state index contributed by atoms with van der Waals surface area (Å²) in [6.07, 6.45) is 3.16. The second-order valence-electron chi connectivity index (χ2n) is 5.66. The van der Waals surface area contributed by atoms with Gasteiger partial charge in [0.05, 0.1) is 10.8 Å². The molecule has 2 aromatic rings. The molecule has 2 heterocycles. The Kier molecular flexibility index (Phi) is 4.33. The van der Waals surface area contributed by atoms with E-state index >= 15 is 0 Å². The smallest absolute Gasteiger partial charge is 0.238 e. The fraction of sp³-hybridized carbons (Fsp3) is 0.400. The summed E-state index contributed by atoms with van der Waals surface area (Å²) in [6, 6.07) is 2.87. The number of hydrogen-bond donors (Lipinski definition) is 2. The first kappa shape index (κ1) is 16.3. The molecule has 3 rings (SSSR count). The van der Waals surface area contributed by atoms with Crippen molar-refractivity contribution < 1.29 is 17.6 Å². The number of rotatable bonds is 4. The highest BCUT2D eigenvalue weighted by Gasteiger charge is 2.36. The van der Waals surface area contributed by atoms with Crippen molar-refractivity contribution in [3.63, 3.8) is 0 Å². The van der Waals surface area contributed by atoms with Crippen LogP contribution < -0.4 is 5.32 Å². The number of sulfone groups is 1. The molecular formula is C15H16ClFN2O3S. The van der Waals surface area contributed by atoms with Crippen LogP contribution in [-0.4, -0.2) is 36.9 Å². The number of hydrogen-bond acceptors (Lipinski definition) is 3. The predicted molar refractivity (Wildman–Crippen MR) is 86.8 cm³/mol. The highest BCUT2D eigenvalue weighted by molar-refractivity contribution is 7.93. The molecule has 1 aromatic heterocycles. The van der Waals surface area contributed by atoms with Gasteiger partial charge in [-0.2, -0.15) is 0 Å². The molecule has 1 amide bonds. The maximum Gasteiger partial charge on any atom is 0.238 e. The van der Waals surface area contributed by atoms with Crippen molar-refractivity contribution >= 4 is 38.2 Å². The Morgan fingerprint density at radius 3 is 2.91 bits per heavy atom. The maximum absolute atomic E-state index is 13.4. The van der Waals surface area contributed by atoms with Gasteiger partial charge in [-0.3, -0.25) is 4.79 Å². The SMILES string of the molecule is O=C(NCCc1c[nH]c2cc(F)c(Cl)cc12)C1CCCS1(=O)=O. The summed E-state index contributed by atoms with van der Waals surface area (Å²) in [5.74, 6) is -0.851. The lowest BCUT2D eigenvalue weighted by molar-refractivity contribution is -0.120. The standard InChI is InChI=1S/C15H16ClFN2O3S/c16-11-6-10-9(8-19-13(10)7-12(11)17)3-4-18-15(20)14-2-1-5-23(14,21)22/h6-8,14,19H,1-5H2,(H,18,20). The average Bonchev–Trinajstić information content (AvgIpc) is 3.03. The van der Waals surface area contributed by atoms with Crippen LogP contribution in [-0.2, 0) is 21.1 Å². The van der Waals surface area contributed by atoms with Gasteiger partial charge in [-0.05, 0) is 37.0 Å². The van der Waals surface area contributed by atoms with Crippen molar-refractivity contribution in [2.24, 2.45) is 0 Å². The lowest BCUT2D eigenvalue weighted by Gasteiger charge is -2.10. The monoisotopic (exact) mass is 358 g/mol. The first-order valence-electron chi connectivity index (χ1n) is 7.33. The van der Waals surface area contributed by atoms with Crippen LogP contribution in [0.3, 0.4) is 0 Å². The number of aromatic amines is 1. The van der Waals surface area contributed by atoms with E-state index in [1.165, 1.54) is 6.07 Å². The molecule has 5 nitrogen and oxygen atoms in total. The van der Waals surface area contributed by atoms with Gasteiger partial charge in [0.2, 0.25) is 5.91 Å². The third-order valence-corrected chi connectivity index (χ3v) is 6.59. The van der Waals surface area contributed by atoms with E-state index in [1.807, 2.05) is 0 Å². The molecule has 2 N–H and O–H groups in total. The van der Waals surface area contributed by atoms with Crippen molar-refractivity contribution in [2.45, 2.75) is 24.5 Å². The molecule has 0 aliphatic carbocycles. The summed E-state index contributed by atoms with van der Waals surface area (Å²) in [7, 11) is -3.29. The summed E-state index contributed by atoms with van der Waals surface area (Å²) >= 11 is 5.79. The van der Waals surface area contributed by atoms with Gasteiger partial charge in [0.25, 0.3) is 0 Å². The number of benzene rings is 1. The van der Waals surface area contributed by atoms with E-state index in [1.54, 1.807) is 12.3 Å². The van der Waals surface area contributed by atoms with Crippen LogP contribution in [0.15, 0.2) is 18.3 Å². The van der Waals surface area contributed by atoms with Crippen LogP contribution in [0.4, 0.5) is 4.39 Å². The summed E-state index contributed by atoms with van der Waals surface area (Å²) in [4.78, 5) is 14.9. The van der Waals surface area contributed by atoms with Crippen LogP contribution in [0.25, 0.3) is 10.9 Å². The predicted octanol–water partition coefficient (Wildman–Crippen LogP) is 2.20. The molecule has 0 saturated carbocycles. The van der Waals surface area contributed by atoms with Crippen molar-refractivity contribution in [2.75, 3.05) is 12.3 Å². The van der Waals surface area contributed by atoms with Gasteiger partial charge in [-0.15, -0.1) is 0 Å². The third-order valence-electron chi connectivity index (χ3n) is 4.12. The Morgan fingerprint density at radius 2 is 2.22 bits per heavy atom. The van der Waals surface area contributed by atoms with Gasteiger partial charge in [-0.25, -0.2) is 12.8 Å². The number of fused-ring (bicyclic) bond motifs is 1. The number of amides is 1. The minimum absolute atomic E-state index is 0.0411. The summed E-state index contributed by atoms with van der Waals surface area (Å²) in [6.45, 7) is 0.312. The number of carbonyl (C=O) groups excluding carboxylic acids is 1. The van der Waals surface area contributed by atoms with Crippen LogP contribution in [0.5, 0.6) is 0 Å². The number of halogens is 2. The van der Waals surface area contributed by atoms with Crippen LogP contribution >= 0.6 is 11.6 Å². The lowest BCUT2D eigenvalue weighted by atomic mass is 10.1. The molecule has 8 heteroatoms. The molecule has 0 bridgehead atoms. The van der Waals surface area contributed by atoms with Crippen molar-refractivity contribution in [1.29, 1.82) is 0 Å². The van der Waals surface area contributed by atoms with Gasteiger partial charge in [-0.1, -0.05) is 11.6 Å². The van der Waals surface area contributed by atoms with Crippen LogP contribution in [0, 0.1) is 5.82 Å². The zero-order valence-electron chi connectivity index (χ0n) is 12.2. The summed E-state index contributed by atoms with van der Waals surface area (Å²) < 4.78 is 36.8. The molecule has 1 saturated heterocycles. The Balaban J connectivity index is 1.65. The molecule has 1 aliphatic heterocycles. The molecule has 1 fully saturated rings. The lowest BCUT2D eigenvalue weighted by Crippen LogP contribution is -2.38. The van der Waals surface area contributed by atoms with E-state index < -0.39 is 26.8 Å². The zero-order chi connectivity index (χ0) is 16.6. The first-order valence-corrected chi connectivity index (χ1v) is 9.42. The van der Waals surface area contributed by atoms with Gasteiger partial charge in [0, 0.05) is 23.6 Å².